The number of aliphatic hydroxyl groups excluding tert-OH is 1. The molecule has 170 valence electrons. The third kappa shape index (κ3) is 4.19. The summed E-state index contributed by atoms with van der Waals surface area (Å²) < 4.78 is 40.6. The quantitative estimate of drug-likeness (QED) is 0.690. The van der Waals surface area contributed by atoms with Crippen molar-refractivity contribution in [1.29, 1.82) is 5.26 Å². The number of thiophene rings is 1. The SMILES string of the molecule is N#Cc1ccc(N2CCC3(CC2)CN(C(=O)c2ccc(Cl)s2)CC3CO)cc1C(F)(F)F. The maximum atomic E-state index is 13.3. The summed E-state index contributed by atoms with van der Waals surface area (Å²) >= 11 is 7.18. The van der Waals surface area contributed by atoms with Gasteiger partial charge in [0, 0.05) is 44.4 Å². The van der Waals surface area contributed by atoms with Gasteiger partial charge in [-0.15, -0.1) is 11.3 Å². The molecular weight excluding hydrogens is 463 g/mol. The van der Waals surface area contributed by atoms with E-state index in [1.807, 2.05) is 4.90 Å². The van der Waals surface area contributed by atoms with Crippen LogP contribution in [0, 0.1) is 22.7 Å². The monoisotopic (exact) mass is 483 g/mol. The Morgan fingerprint density at radius 3 is 2.56 bits per heavy atom. The Bertz CT molecular complexity index is 1060. The van der Waals surface area contributed by atoms with Gasteiger partial charge < -0.3 is 14.9 Å². The molecule has 4 rings (SSSR count). The Kier molecular flexibility index (Phi) is 6.14. The molecule has 2 saturated heterocycles. The number of carbonyl (C=O) groups is 1. The van der Waals surface area contributed by atoms with Crippen molar-refractivity contribution in [1.82, 2.24) is 4.90 Å². The number of piperidine rings is 1. The minimum absolute atomic E-state index is 0.0515. The summed E-state index contributed by atoms with van der Waals surface area (Å²) in [5.41, 5.74) is -1.18. The van der Waals surface area contributed by atoms with Crippen molar-refractivity contribution in [2.75, 3.05) is 37.7 Å². The number of hydrogen-bond donors (Lipinski definition) is 1. The predicted molar refractivity (Wildman–Crippen MR) is 116 cm³/mol. The van der Waals surface area contributed by atoms with Gasteiger partial charge in [-0.3, -0.25) is 4.79 Å². The molecule has 0 bridgehead atoms. The van der Waals surface area contributed by atoms with Crippen LogP contribution in [-0.2, 0) is 6.18 Å². The highest BCUT2D eigenvalue weighted by atomic mass is 35.5. The summed E-state index contributed by atoms with van der Waals surface area (Å²) in [6.07, 6.45) is -3.31. The van der Waals surface area contributed by atoms with Crippen molar-refractivity contribution in [3.05, 3.63) is 50.7 Å². The van der Waals surface area contributed by atoms with Gasteiger partial charge in [0.25, 0.3) is 5.91 Å². The van der Waals surface area contributed by atoms with Crippen LogP contribution in [0.2, 0.25) is 4.34 Å². The first-order valence-electron chi connectivity index (χ1n) is 10.2. The minimum atomic E-state index is -4.60. The third-order valence-electron chi connectivity index (χ3n) is 6.66. The standard InChI is InChI=1S/C22H21ClF3N3O2S/c23-19-4-3-18(32-19)20(31)29-11-15(12-30)21(13-29)5-7-28(8-6-21)16-2-1-14(10-27)17(9-16)22(24,25)26/h1-4,9,15,30H,5-8,11-13H2. The molecule has 0 saturated carbocycles. The van der Waals surface area contributed by atoms with E-state index >= 15 is 0 Å². The van der Waals surface area contributed by atoms with Crippen molar-refractivity contribution in [3.63, 3.8) is 0 Å². The summed E-state index contributed by atoms with van der Waals surface area (Å²) in [4.78, 5) is 17.1. The van der Waals surface area contributed by atoms with Crippen LogP contribution in [0.3, 0.4) is 0 Å². The molecule has 1 amide bonds. The van der Waals surface area contributed by atoms with Crippen LogP contribution in [0.1, 0.15) is 33.6 Å². The van der Waals surface area contributed by atoms with E-state index in [4.69, 9.17) is 16.9 Å². The highest BCUT2D eigenvalue weighted by Gasteiger charge is 2.49. The molecule has 1 aromatic carbocycles. The van der Waals surface area contributed by atoms with E-state index in [1.165, 1.54) is 17.4 Å². The number of nitriles is 1. The van der Waals surface area contributed by atoms with Gasteiger partial charge in [0.15, 0.2) is 0 Å². The molecule has 32 heavy (non-hydrogen) atoms. The summed E-state index contributed by atoms with van der Waals surface area (Å²) in [5, 5.41) is 19.0. The van der Waals surface area contributed by atoms with Crippen LogP contribution in [0.5, 0.6) is 0 Å². The lowest BCUT2D eigenvalue weighted by molar-refractivity contribution is -0.137. The van der Waals surface area contributed by atoms with E-state index in [-0.39, 0.29) is 23.8 Å². The molecule has 2 aliphatic heterocycles. The van der Waals surface area contributed by atoms with E-state index in [1.54, 1.807) is 29.2 Å². The average molecular weight is 484 g/mol. The molecular formula is C22H21ClF3N3O2S. The third-order valence-corrected chi connectivity index (χ3v) is 7.88. The number of aliphatic hydroxyl groups is 1. The molecule has 1 aromatic heterocycles. The first-order chi connectivity index (χ1) is 15.2. The lowest BCUT2D eigenvalue weighted by Gasteiger charge is -2.43. The largest absolute Gasteiger partial charge is 0.417 e. The summed E-state index contributed by atoms with van der Waals surface area (Å²) in [5.74, 6) is -0.197. The molecule has 3 heterocycles. The Labute approximate surface area is 192 Å². The maximum absolute atomic E-state index is 13.3. The minimum Gasteiger partial charge on any atom is -0.396 e. The molecule has 1 atom stereocenters. The van der Waals surface area contributed by atoms with Crippen molar-refractivity contribution in [2.24, 2.45) is 11.3 Å². The van der Waals surface area contributed by atoms with E-state index in [0.29, 0.717) is 53.9 Å². The highest BCUT2D eigenvalue weighted by Crippen LogP contribution is 2.46. The molecule has 1 unspecified atom stereocenters. The smallest absolute Gasteiger partial charge is 0.396 e. The lowest BCUT2D eigenvalue weighted by Crippen LogP contribution is -2.45. The fraction of sp³-hybridized carbons (Fsp3) is 0.455. The van der Waals surface area contributed by atoms with E-state index < -0.39 is 17.3 Å². The fourth-order valence-electron chi connectivity index (χ4n) is 4.86. The van der Waals surface area contributed by atoms with Gasteiger partial charge in [-0.2, -0.15) is 18.4 Å². The summed E-state index contributed by atoms with van der Waals surface area (Å²) in [7, 11) is 0. The maximum Gasteiger partial charge on any atom is 0.417 e. The topological polar surface area (TPSA) is 67.6 Å². The number of carbonyl (C=O) groups excluding carboxylic acids is 1. The first-order valence-corrected chi connectivity index (χ1v) is 11.4. The number of likely N-dealkylation sites (tertiary alicyclic amines) is 1. The lowest BCUT2D eigenvalue weighted by atomic mass is 9.71. The van der Waals surface area contributed by atoms with E-state index in [2.05, 4.69) is 0 Å². The van der Waals surface area contributed by atoms with Crippen LogP contribution < -0.4 is 4.90 Å². The molecule has 2 fully saturated rings. The number of benzene rings is 1. The zero-order chi connectivity index (χ0) is 23.1. The molecule has 2 aromatic rings. The highest BCUT2D eigenvalue weighted by molar-refractivity contribution is 7.17. The van der Waals surface area contributed by atoms with Crippen LogP contribution in [-0.4, -0.2) is 48.7 Å². The summed E-state index contributed by atoms with van der Waals surface area (Å²) in [6.45, 7) is 1.91. The van der Waals surface area contributed by atoms with Crippen molar-refractivity contribution in [2.45, 2.75) is 19.0 Å². The molecule has 0 aliphatic carbocycles. The van der Waals surface area contributed by atoms with E-state index in [9.17, 15) is 23.1 Å². The number of rotatable bonds is 3. The van der Waals surface area contributed by atoms with Crippen molar-refractivity contribution in [3.8, 4) is 6.07 Å². The van der Waals surface area contributed by atoms with Gasteiger partial charge in [-0.05, 0) is 48.6 Å². The second-order valence-electron chi connectivity index (χ2n) is 8.36. The number of anilines is 1. The van der Waals surface area contributed by atoms with Gasteiger partial charge in [0.05, 0.1) is 26.4 Å². The van der Waals surface area contributed by atoms with Crippen LogP contribution in [0.15, 0.2) is 30.3 Å². The Balaban J connectivity index is 1.50. The molecule has 1 spiro atoms. The second-order valence-corrected chi connectivity index (χ2v) is 10.1. The number of nitrogens with zero attached hydrogens (tertiary/aromatic N) is 3. The van der Waals surface area contributed by atoms with Crippen LogP contribution >= 0.6 is 22.9 Å². The molecule has 1 N–H and O–H groups in total. The van der Waals surface area contributed by atoms with Gasteiger partial charge in [0.2, 0.25) is 0 Å². The van der Waals surface area contributed by atoms with Crippen molar-refractivity contribution < 1.29 is 23.1 Å². The zero-order valence-corrected chi connectivity index (χ0v) is 18.6. The Hall–Kier alpha value is -2.28. The van der Waals surface area contributed by atoms with Gasteiger partial charge in [-0.1, -0.05) is 11.6 Å². The number of amides is 1. The average Bonchev–Trinajstić information content (AvgIpc) is 3.36. The fourth-order valence-corrected chi connectivity index (χ4v) is 5.87. The second kappa shape index (κ2) is 8.58. The molecule has 5 nitrogen and oxygen atoms in total. The van der Waals surface area contributed by atoms with Crippen LogP contribution in [0.4, 0.5) is 18.9 Å². The Morgan fingerprint density at radius 2 is 2.00 bits per heavy atom. The van der Waals surface area contributed by atoms with Crippen molar-refractivity contribution >= 4 is 34.5 Å². The number of alkyl halides is 3. The first kappa shape index (κ1) is 22.9. The molecule has 0 radical (unpaired) electrons. The van der Waals surface area contributed by atoms with Crippen LogP contribution in [0.25, 0.3) is 0 Å². The summed E-state index contributed by atoms with van der Waals surface area (Å²) in [6, 6.07) is 8.76. The van der Waals surface area contributed by atoms with Gasteiger partial charge in [0.1, 0.15) is 0 Å². The molecule has 10 heteroatoms. The Morgan fingerprint density at radius 1 is 1.28 bits per heavy atom. The predicted octanol–water partition coefficient (Wildman–Crippen LogP) is 4.64. The van der Waals surface area contributed by atoms with E-state index in [0.717, 1.165) is 6.07 Å². The normalized spacial score (nSPS) is 20.6. The molecule has 2 aliphatic rings. The number of halogens is 4. The number of hydrogen-bond acceptors (Lipinski definition) is 5. The van der Waals surface area contributed by atoms with Gasteiger partial charge in [-0.25, -0.2) is 0 Å². The zero-order valence-electron chi connectivity index (χ0n) is 17.0. The van der Waals surface area contributed by atoms with Gasteiger partial charge >= 0.3 is 6.18 Å².